The number of furan rings is 1. The van der Waals surface area contributed by atoms with Crippen LogP contribution in [-0.4, -0.2) is 47.2 Å². The first kappa shape index (κ1) is 17.5. The third-order valence-electron chi connectivity index (χ3n) is 4.83. The standard InChI is InChI=1S/C19H26N4O2/c1-13-6-7-18(21-20-13)22-8-5-9-23(11-10-22)19(24)15(3)17-12-14(2)25-16(17)4/h6-7,12,15H,5,8-11H2,1-4H3/t15-/m0/s1. The predicted octanol–water partition coefficient (Wildman–Crippen LogP) is 2.84. The Bertz CT molecular complexity index is 738. The van der Waals surface area contributed by atoms with Gasteiger partial charge in [-0.3, -0.25) is 4.79 Å². The molecular weight excluding hydrogens is 316 g/mol. The molecule has 0 unspecified atom stereocenters. The van der Waals surface area contributed by atoms with Gasteiger partial charge in [0.15, 0.2) is 5.82 Å². The minimum atomic E-state index is -0.178. The van der Waals surface area contributed by atoms with E-state index in [2.05, 4.69) is 15.1 Å². The summed E-state index contributed by atoms with van der Waals surface area (Å²) < 4.78 is 5.59. The van der Waals surface area contributed by atoms with Crippen molar-refractivity contribution >= 4 is 11.7 Å². The van der Waals surface area contributed by atoms with E-state index in [1.807, 2.05) is 50.8 Å². The molecule has 0 radical (unpaired) electrons. The highest BCUT2D eigenvalue weighted by Crippen LogP contribution is 2.25. The Morgan fingerprint density at radius 1 is 1.12 bits per heavy atom. The van der Waals surface area contributed by atoms with Crippen LogP contribution in [0.4, 0.5) is 5.82 Å². The van der Waals surface area contributed by atoms with E-state index < -0.39 is 0 Å². The summed E-state index contributed by atoms with van der Waals surface area (Å²) in [6.07, 6.45) is 0.928. The zero-order valence-corrected chi connectivity index (χ0v) is 15.5. The fourth-order valence-corrected chi connectivity index (χ4v) is 3.41. The van der Waals surface area contributed by atoms with Gasteiger partial charge in [0.05, 0.1) is 11.6 Å². The fourth-order valence-electron chi connectivity index (χ4n) is 3.41. The van der Waals surface area contributed by atoms with Crippen molar-refractivity contribution in [2.45, 2.75) is 40.0 Å². The number of nitrogens with zero attached hydrogens (tertiary/aromatic N) is 4. The summed E-state index contributed by atoms with van der Waals surface area (Å²) in [5.41, 5.74) is 1.91. The van der Waals surface area contributed by atoms with E-state index >= 15 is 0 Å². The summed E-state index contributed by atoms with van der Waals surface area (Å²) in [6, 6.07) is 5.95. The third-order valence-corrected chi connectivity index (χ3v) is 4.83. The summed E-state index contributed by atoms with van der Waals surface area (Å²) >= 11 is 0. The first-order valence-electron chi connectivity index (χ1n) is 8.86. The highest BCUT2D eigenvalue weighted by molar-refractivity contribution is 5.83. The smallest absolute Gasteiger partial charge is 0.230 e. The quantitative estimate of drug-likeness (QED) is 0.858. The maximum absolute atomic E-state index is 12.9. The third kappa shape index (κ3) is 3.83. The molecule has 0 bridgehead atoms. The SMILES string of the molecule is Cc1ccc(N2CCCN(C(=O)[C@@H](C)c3cc(C)oc3C)CC2)nn1. The number of amides is 1. The van der Waals surface area contributed by atoms with Gasteiger partial charge in [0.2, 0.25) is 5.91 Å². The number of hydrogen-bond donors (Lipinski definition) is 0. The molecule has 1 atom stereocenters. The molecule has 1 aliphatic heterocycles. The van der Waals surface area contributed by atoms with E-state index in [1.165, 1.54) is 0 Å². The maximum Gasteiger partial charge on any atom is 0.230 e. The Morgan fingerprint density at radius 2 is 1.92 bits per heavy atom. The molecule has 2 aromatic heterocycles. The molecule has 0 spiro atoms. The van der Waals surface area contributed by atoms with Crippen molar-refractivity contribution in [3.05, 3.63) is 41.0 Å². The molecule has 0 saturated carbocycles. The average Bonchev–Trinajstić information content (AvgIpc) is 2.79. The molecule has 25 heavy (non-hydrogen) atoms. The lowest BCUT2D eigenvalue weighted by molar-refractivity contribution is -0.132. The van der Waals surface area contributed by atoms with Gasteiger partial charge in [-0.05, 0) is 52.3 Å². The van der Waals surface area contributed by atoms with Crippen LogP contribution in [0.2, 0.25) is 0 Å². The molecule has 3 heterocycles. The minimum Gasteiger partial charge on any atom is -0.466 e. The first-order valence-corrected chi connectivity index (χ1v) is 8.86. The predicted molar refractivity (Wildman–Crippen MR) is 96.8 cm³/mol. The second kappa shape index (κ2) is 7.25. The van der Waals surface area contributed by atoms with Gasteiger partial charge < -0.3 is 14.2 Å². The number of aryl methyl sites for hydroxylation is 3. The highest BCUT2D eigenvalue weighted by Gasteiger charge is 2.27. The van der Waals surface area contributed by atoms with Crippen molar-refractivity contribution in [1.29, 1.82) is 0 Å². The minimum absolute atomic E-state index is 0.167. The summed E-state index contributed by atoms with van der Waals surface area (Å²) in [5.74, 6) is 2.56. The van der Waals surface area contributed by atoms with E-state index in [9.17, 15) is 4.79 Å². The normalized spacial score (nSPS) is 16.6. The van der Waals surface area contributed by atoms with Crippen molar-refractivity contribution in [3.63, 3.8) is 0 Å². The molecule has 0 aromatic carbocycles. The molecule has 1 aliphatic rings. The molecule has 6 nitrogen and oxygen atoms in total. The fraction of sp³-hybridized carbons (Fsp3) is 0.526. The highest BCUT2D eigenvalue weighted by atomic mass is 16.3. The maximum atomic E-state index is 12.9. The number of aromatic nitrogens is 2. The van der Waals surface area contributed by atoms with Gasteiger partial charge in [0.25, 0.3) is 0 Å². The van der Waals surface area contributed by atoms with Crippen LogP contribution in [0.25, 0.3) is 0 Å². The van der Waals surface area contributed by atoms with Crippen LogP contribution in [0.3, 0.4) is 0 Å². The van der Waals surface area contributed by atoms with Crippen LogP contribution in [0.5, 0.6) is 0 Å². The topological polar surface area (TPSA) is 62.5 Å². The number of hydrogen-bond acceptors (Lipinski definition) is 5. The van der Waals surface area contributed by atoms with Gasteiger partial charge in [-0.2, -0.15) is 5.10 Å². The molecule has 0 aliphatic carbocycles. The van der Waals surface area contributed by atoms with Gasteiger partial charge in [-0.1, -0.05) is 0 Å². The molecule has 3 rings (SSSR count). The van der Waals surface area contributed by atoms with E-state index in [0.29, 0.717) is 6.54 Å². The van der Waals surface area contributed by atoms with Crippen LogP contribution in [0.15, 0.2) is 22.6 Å². The number of rotatable bonds is 3. The van der Waals surface area contributed by atoms with Crippen LogP contribution >= 0.6 is 0 Å². The van der Waals surface area contributed by atoms with E-state index in [1.54, 1.807) is 0 Å². The molecule has 2 aromatic rings. The summed E-state index contributed by atoms with van der Waals surface area (Å²) in [6.45, 7) is 10.9. The molecule has 1 saturated heterocycles. The Morgan fingerprint density at radius 3 is 2.56 bits per heavy atom. The van der Waals surface area contributed by atoms with Crippen molar-refractivity contribution < 1.29 is 9.21 Å². The zero-order chi connectivity index (χ0) is 18.0. The molecule has 6 heteroatoms. The number of anilines is 1. The molecule has 1 amide bonds. The lowest BCUT2D eigenvalue weighted by Crippen LogP contribution is -2.37. The number of carbonyl (C=O) groups is 1. The Kier molecular flexibility index (Phi) is 5.06. The van der Waals surface area contributed by atoms with Gasteiger partial charge >= 0.3 is 0 Å². The first-order chi connectivity index (χ1) is 12.0. The zero-order valence-electron chi connectivity index (χ0n) is 15.5. The van der Waals surface area contributed by atoms with Crippen LogP contribution < -0.4 is 4.90 Å². The van der Waals surface area contributed by atoms with Crippen LogP contribution in [0.1, 0.15) is 42.0 Å². The van der Waals surface area contributed by atoms with E-state index in [-0.39, 0.29) is 11.8 Å². The van der Waals surface area contributed by atoms with Gasteiger partial charge in [0, 0.05) is 31.7 Å². The molecule has 0 N–H and O–H groups in total. The lowest BCUT2D eigenvalue weighted by atomic mass is 10.00. The van der Waals surface area contributed by atoms with E-state index in [0.717, 1.165) is 54.7 Å². The Labute approximate surface area is 148 Å². The number of carbonyl (C=O) groups excluding carboxylic acids is 1. The summed E-state index contributed by atoms with van der Waals surface area (Å²) in [7, 11) is 0. The second-order valence-electron chi connectivity index (χ2n) is 6.79. The van der Waals surface area contributed by atoms with Gasteiger partial charge in [-0.25, -0.2) is 0 Å². The van der Waals surface area contributed by atoms with Crippen molar-refractivity contribution in [1.82, 2.24) is 15.1 Å². The van der Waals surface area contributed by atoms with E-state index in [4.69, 9.17) is 4.42 Å². The Balaban J connectivity index is 1.67. The average molecular weight is 342 g/mol. The van der Waals surface area contributed by atoms with Gasteiger partial charge in [-0.15, -0.1) is 5.10 Å². The van der Waals surface area contributed by atoms with Crippen LogP contribution in [0, 0.1) is 20.8 Å². The van der Waals surface area contributed by atoms with Crippen LogP contribution in [-0.2, 0) is 4.79 Å². The second-order valence-corrected chi connectivity index (χ2v) is 6.79. The van der Waals surface area contributed by atoms with Gasteiger partial charge in [0.1, 0.15) is 11.5 Å². The summed E-state index contributed by atoms with van der Waals surface area (Å²) in [5, 5.41) is 8.41. The molecular formula is C19H26N4O2. The lowest BCUT2D eigenvalue weighted by Gasteiger charge is -2.25. The van der Waals surface area contributed by atoms with Crippen molar-refractivity contribution in [2.75, 3.05) is 31.1 Å². The molecule has 134 valence electrons. The van der Waals surface area contributed by atoms with Crippen molar-refractivity contribution in [3.8, 4) is 0 Å². The monoisotopic (exact) mass is 342 g/mol. The largest absolute Gasteiger partial charge is 0.466 e. The molecule has 1 fully saturated rings. The Hall–Kier alpha value is -2.37. The summed E-state index contributed by atoms with van der Waals surface area (Å²) in [4.78, 5) is 17.1. The van der Waals surface area contributed by atoms with Crippen molar-refractivity contribution in [2.24, 2.45) is 0 Å².